The molecule has 6 heteroatoms. The number of carbonyl (C=O) groups excluding carboxylic acids is 1. The van der Waals surface area contributed by atoms with Crippen molar-refractivity contribution in [3.63, 3.8) is 0 Å². The second kappa shape index (κ2) is 11.0. The first-order valence-electron chi connectivity index (χ1n) is 9.58. The van der Waals surface area contributed by atoms with Crippen LogP contribution in [0.5, 0.6) is 11.5 Å². The van der Waals surface area contributed by atoms with Gasteiger partial charge in [0.25, 0.3) is 5.91 Å². The zero-order chi connectivity index (χ0) is 22.1. The van der Waals surface area contributed by atoms with Crippen LogP contribution in [0.4, 0.5) is 0 Å². The highest BCUT2D eigenvalue weighted by atomic mass is 79.9. The van der Waals surface area contributed by atoms with Crippen LogP contribution in [0.1, 0.15) is 16.7 Å². The van der Waals surface area contributed by atoms with E-state index in [0.717, 1.165) is 26.9 Å². The van der Waals surface area contributed by atoms with E-state index in [9.17, 15) is 10.1 Å². The largest absolute Gasteiger partial charge is 0.497 e. The van der Waals surface area contributed by atoms with Gasteiger partial charge in [-0.1, -0.05) is 48.5 Å². The first-order chi connectivity index (χ1) is 15.1. The molecule has 0 atom stereocenters. The molecule has 0 radical (unpaired) electrons. The predicted octanol–water partition coefficient (Wildman–Crippen LogP) is 5.26. The Hall–Kier alpha value is -3.56. The molecule has 1 amide bonds. The highest BCUT2D eigenvalue weighted by Gasteiger charge is 2.10. The van der Waals surface area contributed by atoms with Crippen molar-refractivity contribution >= 4 is 27.9 Å². The van der Waals surface area contributed by atoms with Crippen LogP contribution in [0.25, 0.3) is 6.08 Å². The first-order valence-corrected chi connectivity index (χ1v) is 10.4. The Labute approximate surface area is 190 Å². The Balaban J connectivity index is 1.63. The normalized spacial score (nSPS) is 10.8. The van der Waals surface area contributed by atoms with E-state index in [0.29, 0.717) is 18.9 Å². The van der Waals surface area contributed by atoms with E-state index in [1.165, 1.54) is 0 Å². The van der Waals surface area contributed by atoms with Gasteiger partial charge in [-0.2, -0.15) is 5.26 Å². The predicted molar refractivity (Wildman–Crippen MR) is 123 cm³/mol. The maximum Gasteiger partial charge on any atom is 0.262 e. The summed E-state index contributed by atoms with van der Waals surface area (Å²) in [5.41, 5.74) is 2.72. The number of methoxy groups -OCH3 is 1. The molecule has 3 aromatic carbocycles. The van der Waals surface area contributed by atoms with Crippen molar-refractivity contribution in [2.45, 2.75) is 13.2 Å². The molecule has 0 unspecified atom stereocenters. The molecule has 5 nitrogen and oxygen atoms in total. The summed E-state index contributed by atoms with van der Waals surface area (Å²) in [6.45, 7) is 0.768. The van der Waals surface area contributed by atoms with E-state index in [2.05, 4.69) is 21.2 Å². The third-order valence-corrected chi connectivity index (χ3v) is 5.10. The van der Waals surface area contributed by atoms with Crippen LogP contribution in [0, 0.1) is 11.3 Å². The zero-order valence-corrected chi connectivity index (χ0v) is 18.6. The molecular formula is C25H21BrN2O3. The summed E-state index contributed by atoms with van der Waals surface area (Å²) in [5, 5.41) is 12.2. The van der Waals surface area contributed by atoms with Crippen molar-refractivity contribution in [2.24, 2.45) is 0 Å². The van der Waals surface area contributed by atoms with Crippen LogP contribution in [0.3, 0.4) is 0 Å². The molecule has 0 aliphatic rings. The van der Waals surface area contributed by atoms with Gasteiger partial charge in [0.05, 0.1) is 11.6 Å². The van der Waals surface area contributed by atoms with E-state index in [1.807, 2.05) is 72.8 Å². The first kappa shape index (κ1) is 22.1. The van der Waals surface area contributed by atoms with Gasteiger partial charge in [0.15, 0.2) is 0 Å². The van der Waals surface area contributed by atoms with Gasteiger partial charge in [-0.25, -0.2) is 0 Å². The SMILES string of the molecule is COc1ccc(CNC(=O)/C(C#N)=C\c2ccc(OCc3ccccc3)c(Br)c2)cc1. The van der Waals surface area contributed by atoms with Crippen LogP contribution >= 0.6 is 15.9 Å². The van der Waals surface area contributed by atoms with E-state index in [4.69, 9.17) is 9.47 Å². The lowest BCUT2D eigenvalue weighted by Crippen LogP contribution is -2.23. The van der Waals surface area contributed by atoms with Crippen LogP contribution in [0.15, 0.2) is 82.8 Å². The van der Waals surface area contributed by atoms with Gasteiger partial charge in [-0.05, 0) is 63.0 Å². The number of rotatable bonds is 8. The molecule has 31 heavy (non-hydrogen) atoms. The molecule has 0 bridgehead atoms. The molecule has 0 aliphatic heterocycles. The Morgan fingerprint density at radius 3 is 2.45 bits per heavy atom. The van der Waals surface area contributed by atoms with Crippen molar-refractivity contribution in [3.8, 4) is 17.6 Å². The van der Waals surface area contributed by atoms with Gasteiger partial charge in [0, 0.05) is 6.54 Å². The number of ether oxygens (including phenoxy) is 2. The number of carbonyl (C=O) groups is 1. The molecule has 0 heterocycles. The van der Waals surface area contributed by atoms with Crippen molar-refractivity contribution < 1.29 is 14.3 Å². The molecule has 0 fully saturated rings. The highest BCUT2D eigenvalue weighted by Crippen LogP contribution is 2.27. The molecule has 1 N–H and O–H groups in total. The summed E-state index contributed by atoms with van der Waals surface area (Å²) in [4.78, 5) is 12.4. The molecular weight excluding hydrogens is 456 g/mol. The number of benzene rings is 3. The molecule has 156 valence electrons. The lowest BCUT2D eigenvalue weighted by molar-refractivity contribution is -0.117. The van der Waals surface area contributed by atoms with Crippen LogP contribution in [-0.4, -0.2) is 13.0 Å². The summed E-state index contributed by atoms with van der Waals surface area (Å²) in [6, 6.07) is 24.6. The van der Waals surface area contributed by atoms with Crippen molar-refractivity contribution in [1.82, 2.24) is 5.32 Å². The Bertz CT molecular complexity index is 1100. The minimum absolute atomic E-state index is 0.0263. The minimum atomic E-state index is -0.432. The maximum absolute atomic E-state index is 12.4. The monoisotopic (exact) mass is 476 g/mol. The second-order valence-electron chi connectivity index (χ2n) is 6.66. The van der Waals surface area contributed by atoms with E-state index in [-0.39, 0.29) is 5.57 Å². The number of hydrogen-bond acceptors (Lipinski definition) is 4. The molecule has 0 aromatic heterocycles. The van der Waals surface area contributed by atoms with Crippen LogP contribution in [-0.2, 0) is 17.9 Å². The average Bonchev–Trinajstić information content (AvgIpc) is 2.81. The highest BCUT2D eigenvalue weighted by molar-refractivity contribution is 9.10. The van der Waals surface area contributed by atoms with Crippen LogP contribution in [0.2, 0.25) is 0 Å². The molecule has 0 saturated heterocycles. The fourth-order valence-corrected chi connectivity index (χ4v) is 3.31. The number of amides is 1. The average molecular weight is 477 g/mol. The molecule has 0 saturated carbocycles. The Morgan fingerprint density at radius 2 is 1.81 bits per heavy atom. The van der Waals surface area contributed by atoms with Gasteiger partial charge >= 0.3 is 0 Å². The molecule has 3 aromatic rings. The molecule has 0 spiro atoms. The molecule has 3 rings (SSSR count). The van der Waals surface area contributed by atoms with Crippen molar-refractivity contribution in [1.29, 1.82) is 5.26 Å². The quantitative estimate of drug-likeness (QED) is 0.355. The third kappa shape index (κ3) is 6.46. The van der Waals surface area contributed by atoms with Crippen molar-refractivity contribution in [2.75, 3.05) is 7.11 Å². The fourth-order valence-electron chi connectivity index (χ4n) is 2.80. The third-order valence-electron chi connectivity index (χ3n) is 4.48. The smallest absolute Gasteiger partial charge is 0.262 e. The molecule has 0 aliphatic carbocycles. The Morgan fingerprint density at radius 1 is 1.06 bits per heavy atom. The summed E-state index contributed by atoms with van der Waals surface area (Å²) >= 11 is 3.49. The summed E-state index contributed by atoms with van der Waals surface area (Å²) in [5.74, 6) is 0.997. The van der Waals surface area contributed by atoms with Gasteiger partial charge in [0.2, 0.25) is 0 Å². The number of hydrogen-bond donors (Lipinski definition) is 1. The number of nitrogens with zero attached hydrogens (tertiary/aromatic N) is 1. The second-order valence-corrected chi connectivity index (χ2v) is 7.52. The van der Waals surface area contributed by atoms with Gasteiger partial charge in [-0.3, -0.25) is 4.79 Å². The standard InChI is InChI=1S/C25H21BrN2O3/c1-30-22-10-7-18(8-11-22)16-28-25(29)21(15-27)13-20-9-12-24(23(26)14-20)31-17-19-5-3-2-4-6-19/h2-14H,16-17H2,1H3,(H,28,29)/b21-13-. The van der Waals surface area contributed by atoms with E-state index >= 15 is 0 Å². The summed E-state index contributed by atoms with van der Waals surface area (Å²) in [7, 11) is 1.60. The lowest BCUT2D eigenvalue weighted by Gasteiger charge is -2.09. The van der Waals surface area contributed by atoms with E-state index in [1.54, 1.807) is 19.3 Å². The van der Waals surface area contributed by atoms with Crippen molar-refractivity contribution in [3.05, 3.63) is 99.5 Å². The summed E-state index contributed by atoms with van der Waals surface area (Å²) < 4.78 is 11.7. The number of nitriles is 1. The number of halogens is 1. The minimum Gasteiger partial charge on any atom is -0.497 e. The summed E-state index contributed by atoms with van der Waals surface area (Å²) in [6.07, 6.45) is 1.55. The van der Waals surface area contributed by atoms with Gasteiger partial charge in [0.1, 0.15) is 29.7 Å². The van der Waals surface area contributed by atoms with Gasteiger partial charge < -0.3 is 14.8 Å². The maximum atomic E-state index is 12.4. The van der Waals surface area contributed by atoms with Crippen LogP contribution < -0.4 is 14.8 Å². The Kier molecular flexibility index (Phi) is 7.85. The fraction of sp³-hybridized carbons (Fsp3) is 0.120. The lowest BCUT2D eigenvalue weighted by atomic mass is 10.1. The zero-order valence-electron chi connectivity index (χ0n) is 17.0. The van der Waals surface area contributed by atoms with Gasteiger partial charge in [-0.15, -0.1) is 0 Å². The van der Waals surface area contributed by atoms with E-state index < -0.39 is 5.91 Å². The topological polar surface area (TPSA) is 71.3 Å². The number of nitrogens with one attached hydrogen (secondary N) is 1.